The first-order valence-corrected chi connectivity index (χ1v) is 6.88. The van der Waals surface area contributed by atoms with Crippen molar-refractivity contribution in [2.45, 2.75) is 57.1 Å². The molecule has 16 heavy (non-hydrogen) atoms. The topological polar surface area (TPSA) is 0 Å². The van der Waals surface area contributed by atoms with Crippen molar-refractivity contribution in [2.75, 3.05) is 0 Å². The van der Waals surface area contributed by atoms with Crippen LogP contribution in [-0.2, 0) is 0 Å². The van der Waals surface area contributed by atoms with E-state index in [0.717, 1.165) is 11.8 Å². The van der Waals surface area contributed by atoms with Gasteiger partial charge in [-0.25, -0.2) is 0 Å². The minimum atomic E-state index is 0.585. The van der Waals surface area contributed by atoms with Gasteiger partial charge in [-0.15, -0.1) is 0 Å². The van der Waals surface area contributed by atoms with Crippen molar-refractivity contribution in [1.82, 2.24) is 0 Å². The van der Waals surface area contributed by atoms with Crippen LogP contribution in [0.2, 0.25) is 10.6 Å². The molecule has 0 amide bonds. The van der Waals surface area contributed by atoms with Crippen LogP contribution >= 0.6 is 0 Å². The zero-order valence-corrected chi connectivity index (χ0v) is 10.9. The monoisotopic (exact) mass is 214 g/mol. The summed E-state index contributed by atoms with van der Waals surface area (Å²) in [5.74, 6) is 1.65. The fourth-order valence-electron chi connectivity index (χ4n) is 4.60. The van der Waals surface area contributed by atoms with E-state index in [-0.39, 0.29) is 0 Å². The van der Waals surface area contributed by atoms with Gasteiger partial charge in [0.25, 0.3) is 0 Å². The minimum Gasteiger partial charge on any atom is -0.0806 e. The number of fused-ring (bicyclic) bond motifs is 4. The molecule has 2 aliphatic heterocycles. The van der Waals surface area contributed by atoms with Gasteiger partial charge < -0.3 is 0 Å². The predicted molar refractivity (Wildman–Crippen MR) is 72.2 cm³/mol. The molecule has 2 bridgehead atoms. The van der Waals surface area contributed by atoms with Gasteiger partial charge in [0, 0.05) is 0 Å². The molecule has 1 heteroatoms. The molecule has 3 aliphatic rings. The second-order valence-electron chi connectivity index (χ2n) is 7.14. The number of hydrogen-bond donors (Lipinski definition) is 0. The molecule has 0 N–H and O–H groups in total. The normalized spacial score (nSPS) is 50.3. The van der Waals surface area contributed by atoms with Crippen molar-refractivity contribution >= 4 is 7.28 Å². The van der Waals surface area contributed by atoms with E-state index >= 15 is 0 Å². The van der Waals surface area contributed by atoms with Crippen LogP contribution < -0.4 is 0 Å². The molecular weight excluding hydrogens is 191 g/mol. The molecule has 0 saturated carbocycles. The van der Waals surface area contributed by atoms with Crippen LogP contribution in [0.25, 0.3) is 0 Å². The first-order valence-electron chi connectivity index (χ1n) is 6.88. The van der Waals surface area contributed by atoms with Crippen LogP contribution in [0.4, 0.5) is 0 Å². The number of rotatable bonds is 0. The van der Waals surface area contributed by atoms with Gasteiger partial charge in [-0.1, -0.05) is 62.2 Å². The van der Waals surface area contributed by atoms with Gasteiger partial charge in [0.1, 0.15) is 7.28 Å². The Morgan fingerprint density at radius 1 is 1.25 bits per heavy atom. The summed E-state index contributed by atoms with van der Waals surface area (Å²) in [6.45, 7) is 7.33. The highest BCUT2D eigenvalue weighted by Gasteiger charge is 2.51. The lowest BCUT2D eigenvalue weighted by atomic mass is 9.42. The molecule has 0 aromatic heterocycles. The summed E-state index contributed by atoms with van der Waals surface area (Å²) >= 11 is 0. The zero-order valence-electron chi connectivity index (χ0n) is 10.9. The zero-order chi connectivity index (χ0) is 11.4. The Balaban J connectivity index is 1.99. The quantitative estimate of drug-likeness (QED) is 0.532. The average Bonchev–Trinajstić information content (AvgIpc) is 2.49. The highest BCUT2D eigenvalue weighted by atomic mass is 14.5. The Hall–Kier alpha value is -0.455. The van der Waals surface area contributed by atoms with Crippen molar-refractivity contribution < 1.29 is 0 Å². The predicted octanol–water partition coefficient (Wildman–Crippen LogP) is 4.12. The van der Waals surface area contributed by atoms with Gasteiger partial charge in [-0.05, 0) is 30.5 Å². The average molecular weight is 214 g/mol. The first-order chi connectivity index (χ1) is 7.51. The molecule has 2 heterocycles. The van der Waals surface area contributed by atoms with E-state index in [1.165, 1.54) is 38.5 Å². The Morgan fingerprint density at radius 2 is 2.06 bits per heavy atom. The van der Waals surface area contributed by atoms with Gasteiger partial charge in [-0.3, -0.25) is 0 Å². The highest BCUT2D eigenvalue weighted by Crippen LogP contribution is 2.63. The molecule has 0 nitrogen and oxygen atoms in total. The molecule has 86 valence electrons. The summed E-state index contributed by atoms with van der Waals surface area (Å²) in [4.78, 5) is 0. The Morgan fingerprint density at radius 3 is 2.88 bits per heavy atom. The Labute approximate surface area is 100 Å². The van der Waals surface area contributed by atoms with E-state index in [1.807, 2.05) is 0 Å². The third kappa shape index (κ3) is 1.51. The molecule has 0 aromatic carbocycles. The largest absolute Gasteiger partial charge is 0.135 e. The molecule has 2 fully saturated rings. The molecule has 1 aliphatic carbocycles. The van der Waals surface area contributed by atoms with E-state index in [9.17, 15) is 0 Å². The van der Waals surface area contributed by atoms with Crippen LogP contribution in [0.1, 0.15) is 46.5 Å². The van der Waals surface area contributed by atoms with Crippen molar-refractivity contribution in [2.24, 2.45) is 11.8 Å². The van der Waals surface area contributed by atoms with Crippen LogP contribution in [0.15, 0.2) is 23.8 Å². The van der Waals surface area contributed by atoms with Crippen molar-refractivity contribution in [1.29, 1.82) is 0 Å². The van der Waals surface area contributed by atoms with Crippen LogP contribution in [-0.4, -0.2) is 7.28 Å². The lowest BCUT2D eigenvalue weighted by molar-refractivity contribution is 0.300. The maximum atomic E-state index is 2.57. The van der Waals surface area contributed by atoms with Gasteiger partial charge in [0.2, 0.25) is 0 Å². The van der Waals surface area contributed by atoms with E-state index in [1.54, 1.807) is 0 Å². The molecule has 4 atom stereocenters. The molecule has 0 aromatic rings. The van der Waals surface area contributed by atoms with Crippen LogP contribution in [0.5, 0.6) is 0 Å². The molecule has 3 rings (SSSR count). The van der Waals surface area contributed by atoms with Crippen LogP contribution in [0, 0.1) is 11.8 Å². The summed E-state index contributed by atoms with van der Waals surface area (Å²) in [5.41, 5.74) is 1.48. The SMILES string of the molecule is CC1=CC2C(C=C1)CCC1(C)BC2(C)CC1. The second kappa shape index (κ2) is 3.27. The summed E-state index contributed by atoms with van der Waals surface area (Å²) in [5, 5.41) is 1.24. The smallest absolute Gasteiger partial charge is 0.0806 e. The van der Waals surface area contributed by atoms with Gasteiger partial charge in [-0.2, -0.15) is 0 Å². The van der Waals surface area contributed by atoms with Gasteiger partial charge in [0.05, 0.1) is 0 Å². The fraction of sp³-hybridized carbons (Fsp3) is 0.733. The molecule has 2 saturated heterocycles. The van der Waals surface area contributed by atoms with Crippen molar-refractivity contribution in [3.8, 4) is 0 Å². The minimum absolute atomic E-state index is 0.585. The van der Waals surface area contributed by atoms with Crippen molar-refractivity contribution in [3.63, 3.8) is 0 Å². The Kier molecular flexibility index (Phi) is 2.19. The van der Waals surface area contributed by atoms with E-state index < -0.39 is 0 Å². The Bertz CT molecular complexity index is 368. The number of allylic oxidation sites excluding steroid dienone is 4. The van der Waals surface area contributed by atoms with Crippen molar-refractivity contribution in [3.05, 3.63) is 23.8 Å². The van der Waals surface area contributed by atoms with E-state index in [0.29, 0.717) is 10.6 Å². The van der Waals surface area contributed by atoms with Gasteiger partial charge in [0.15, 0.2) is 0 Å². The molecule has 0 radical (unpaired) electrons. The summed E-state index contributed by atoms with van der Waals surface area (Å²) in [7, 11) is 1.46. The lowest BCUT2D eigenvalue weighted by Crippen LogP contribution is -2.27. The van der Waals surface area contributed by atoms with Crippen LogP contribution in [0.3, 0.4) is 0 Å². The van der Waals surface area contributed by atoms with E-state index in [2.05, 4.69) is 39.0 Å². The first kappa shape index (κ1) is 10.7. The third-order valence-corrected chi connectivity index (χ3v) is 5.53. The lowest BCUT2D eigenvalue weighted by Gasteiger charge is -2.37. The highest BCUT2D eigenvalue weighted by molar-refractivity contribution is 6.45. The maximum Gasteiger partial charge on any atom is 0.135 e. The molecular formula is C15H23B. The fourth-order valence-corrected chi connectivity index (χ4v) is 4.60. The summed E-state index contributed by atoms with van der Waals surface area (Å²) in [6.07, 6.45) is 13.2. The maximum absolute atomic E-state index is 2.57. The van der Waals surface area contributed by atoms with E-state index in [4.69, 9.17) is 0 Å². The summed E-state index contributed by atoms with van der Waals surface area (Å²) < 4.78 is 0. The second-order valence-corrected chi connectivity index (χ2v) is 7.14. The van der Waals surface area contributed by atoms with Gasteiger partial charge >= 0.3 is 0 Å². The third-order valence-electron chi connectivity index (χ3n) is 5.53. The molecule has 0 spiro atoms. The molecule has 4 unspecified atom stereocenters. The number of hydrogen-bond acceptors (Lipinski definition) is 0. The summed E-state index contributed by atoms with van der Waals surface area (Å²) in [6, 6.07) is 0. The standard InChI is InChI=1S/C15H23B/c1-11-4-5-12-6-7-14(2)8-9-15(3,16-14)13(12)10-11/h4-5,10,12-13,16H,6-9H2,1-3H3.